The summed E-state index contributed by atoms with van der Waals surface area (Å²) in [7, 11) is 0. The SMILES string of the molecule is N#CCc1cnc(OC(F)(F)F)c(C#N)c1N. The number of ether oxygens (including phenoxy) is 1. The minimum atomic E-state index is -4.96. The van der Waals surface area contributed by atoms with Crippen molar-refractivity contribution in [1.82, 2.24) is 4.98 Å². The van der Waals surface area contributed by atoms with Crippen LogP contribution in [0.1, 0.15) is 11.1 Å². The quantitative estimate of drug-likeness (QED) is 0.847. The van der Waals surface area contributed by atoms with E-state index in [2.05, 4.69) is 9.72 Å². The number of nitriles is 2. The molecule has 0 saturated carbocycles. The summed E-state index contributed by atoms with van der Waals surface area (Å²) in [6.45, 7) is 0. The monoisotopic (exact) mass is 242 g/mol. The number of alkyl halides is 3. The molecular weight excluding hydrogens is 237 g/mol. The van der Waals surface area contributed by atoms with Gasteiger partial charge in [-0.05, 0) is 0 Å². The summed E-state index contributed by atoms with van der Waals surface area (Å²) in [4.78, 5) is 3.32. The van der Waals surface area contributed by atoms with Gasteiger partial charge in [0.25, 0.3) is 0 Å². The van der Waals surface area contributed by atoms with Gasteiger partial charge in [0.05, 0.1) is 18.2 Å². The molecule has 0 aliphatic heterocycles. The molecule has 0 spiro atoms. The van der Waals surface area contributed by atoms with Crippen LogP contribution in [0.15, 0.2) is 6.20 Å². The van der Waals surface area contributed by atoms with Crippen LogP contribution in [0.4, 0.5) is 18.9 Å². The zero-order valence-corrected chi connectivity index (χ0v) is 8.25. The Balaban J connectivity index is 3.24. The van der Waals surface area contributed by atoms with E-state index >= 15 is 0 Å². The lowest BCUT2D eigenvalue weighted by Gasteiger charge is -2.11. The first-order valence-corrected chi connectivity index (χ1v) is 4.19. The average molecular weight is 242 g/mol. The summed E-state index contributed by atoms with van der Waals surface area (Å²) in [6.07, 6.45) is -4.14. The zero-order valence-electron chi connectivity index (χ0n) is 8.25. The van der Waals surface area contributed by atoms with Crippen molar-refractivity contribution in [2.24, 2.45) is 0 Å². The van der Waals surface area contributed by atoms with Crippen LogP contribution in [0, 0.1) is 22.7 Å². The van der Waals surface area contributed by atoms with Crippen LogP contribution in [0.2, 0.25) is 0 Å². The predicted molar refractivity (Wildman–Crippen MR) is 49.4 cm³/mol. The van der Waals surface area contributed by atoms with Crippen molar-refractivity contribution < 1.29 is 17.9 Å². The maximum absolute atomic E-state index is 12.0. The Hall–Kier alpha value is -2.48. The van der Waals surface area contributed by atoms with Crippen molar-refractivity contribution in [2.75, 3.05) is 5.73 Å². The molecule has 0 bridgehead atoms. The van der Waals surface area contributed by atoms with Gasteiger partial charge in [0.2, 0.25) is 5.88 Å². The first kappa shape index (κ1) is 12.6. The molecule has 0 radical (unpaired) electrons. The van der Waals surface area contributed by atoms with Crippen molar-refractivity contribution in [3.8, 4) is 18.0 Å². The maximum Gasteiger partial charge on any atom is 0.574 e. The number of nitrogens with two attached hydrogens (primary N) is 1. The number of hydrogen-bond acceptors (Lipinski definition) is 5. The molecule has 88 valence electrons. The first-order valence-electron chi connectivity index (χ1n) is 4.19. The van der Waals surface area contributed by atoms with Crippen molar-refractivity contribution in [3.05, 3.63) is 17.3 Å². The van der Waals surface area contributed by atoms with E-state index in [1.807, 2.05) is 0 Å². The largest absolute Gasteiger partial charge is 0.574 e. The number of hydrogen-bond donors (Lipinski definition) is 1. The number of nitrogen functional groups attached to an aromatic ring is 1. The van der Waals surface area contributed by atoms with Gasteiger partial charge in [-0.3, -0.25) is 0 Å². The van der Waals surface area contributed by atoms with E-state index in [0.29, 0.717) is 0 Å². The third-order valence-corrected chi connectivity index (χ3v) is 1.76. The van der Waals surface area contributed by atoms with Crippen LogP contribution in [-0.4, -0.2) is 11.3 Å². The van der Waals surface area contributed by atoms with Crippen LogP contribution in [0.5, 0.6) is 5.88 Å². The van der Waals surface area contributed by atoms with Crippen molar-refractivity contribution in [2.45, 2.75) is 12.8 Å². The predicted octanol–water partition coefficient (Wildman–Crippen LogP) is 1.50. The van der Waals surface area contributed by atoms with Crippen LogP contribution in [0.25, 0.3) is 0 Å². The maximum atomic E-state index is 12.0. The van der Waals surface area contributed by atoms with Gasteiger partial charge in [0, 0.05) is 11.8 Å². The number of pyridine rings is 1. The molecule has 1 heterocycles. The molecule has 0 atom stereocenters. The van der Waals surface area contributed by atoms with E-state index in [0.717, 1.165) is 6.20 Å². The molecule has 5 nitrogen and oxygen atoms in total. The second-order valence-electron chi connectivity index (χ2n) is 2.87. The highest BCUT2D eigenvalue weighted by atomic mass is 19.4. The summed E-state index contributed by atoms with van der Waals surface area (Å²) >= 11 is 0. The molecule has 0 amide bonds. The van der Waals surface area contributed by atoms with E-state index in [9.17, 15) is 13.2 Å². The smallest absolute Gasteiger partial charge is 0.397 e. The highest BCUT2D eigenvalue weighted by Gasteiger charge is 2.33. The van der Waals surface area contributed by atoms with E-state index in [-0.39, 0.29) is 17.7 Å². The van der Waals surface area contributed by atoms with Gasteiger partial charge >= 0.3 is 6.36 Å². The molecule has 0 unspecified atom stereocenters. The summed E-state index contributed by atoms with van der Waals surface area (Å²) < 4.78 is 39.5. The molecule has 0 aliphatic carbocycles. The summed E-state index contributed by atoms with van der Waals surface area (Å²) in [5.74, 6) is -0.917. The van der Waals surface area contributed by atoms with Crippen LogP contribution in [-0.2, 0) is 6.42 Å². The minimum Gasteiger partial charge on any atom is -0.397 e. The van der Waals surface area contributed by atoms with Crippen LogP contribution in [0.3, 0.4) is 0 Å². The fourth-order valence-electron chi connectivity index (χ4n) is 1.07. The van der Waals surface area contributed by atoms with Gasteiger partial charge in [-0.15, -0.1) is 13.2 Å². The molecule has 8 heteroatoms. The Labute approximate surface area is 93.8 Å². The summed E-state index contributed by atoms with van der Waals surface area (Å²) in [5, 5.41) is 17.1. The van der Waals surface area contributed by atoms with Gasteiger partial charge in [-0.1, -0.05) is 0 Å². The van der Waals surface area contributed by atoms with Crippen molar-refractivity contribution in [1.29, 1.82) is 10.5 Å². The second kappa shape index (κ2) is 4.58. The Morgan fingerprint density at radius 2 is 2.06 bits per heavy atom. The van der Waals surface area contributed by atoms with E-state index in [4.69, 9.17) is 16.3 Å². The van der Waals surface area contributed by atoms with Crippen molar-refractivity contribution in [3.63, 3.8) is 0 Å². The van der Waals surface area contributed by atoms with Crippen LogP contribution >= 0.6 is 0 Å². The topological polar surface area (TPSA) is 95.7 Å². The minimum absolute atomic E-state index is 0.153. The molecule has 1 rings (SSSR count). The number of halogens is 3. The summed E-state index contributed by atoms with van der Waals surface area (Å²) in [5.41, 5.74) is 4.85. The van der Waals surface area contributed by atoms with Gasteiger partial charge < -0.3 is 10.5 Å². The zero-order chi connectivity index (χ0) is 13.1. The molecular formula is C9H5F3N4O. The van der Waals surface area contributed by atoms with Gasteiger partial charge in [-0.25, -0.2) is 4.98 Å². The number of rotatable bonds is 2. The lowest BCUT2D eigenvalue weighted by molar-refractivity contribution is -0.276. The Kier molecular flexibility index (Phi) is 3.39. The number of nitrogens with zero attached hydrogens (tertiary/aromatic N) is 3. The van der Waals surface area contributed by atoms with E-state index in [1.54, 1.807) is 6.07 Å². The lowest BCUT2D eigenvalue weighted by atomic mass is 10.1. The Bertz CT molecular complexity index is 513. The Morgan fingerprint density at radius 3 is 2.53 bits per heavy atom. The third-order valence-electron chi connectivity index (χ3n) is 1.76. The molecule has 2 N–H and O–H groups in total. The number of aromatic nitrogens is 1. The van der Waals surface area contributed by atoms with Gasteiger partial charge in [0.15, 0.2) is 0 Å². The molecule has 1 aromatic heterocycles. The highest BCUT2D eigenvalue weighted by molar-refractivity contribution is 5.63. The second-order valence-corrected chi connectivity index (χ2v) is 2.87. The van der Waals surface area contributed by atoms with Gasteiger partial charge in [-0.2, -0.15) is 10.5 Å². The van der Waals surface area contributed by atoms with Gasteiger partial charge in [0.1, 0.15) is 11.6 Å². The van der Waals surface area contributed by atoms with Crippen molar-refractivity contribution >= 4 is 5.69 Å². The molecule has 1 aromatic rings. The Morgan fingerprint density at radius 1 is 1.41 bits per heavy atom. The highest BCUT2D eigenvalue weighted by Crippen LogP contribution is 2.29. The summed E-state index contributed by atoms with van der Waals surface area (Å²) in [6, 6.07) is 3.21. The van der Waals surface area contributed by atoms with E-state index < -0.39 is 17.8 Å². The third kappa shape index (κ3) is 2.98. The molecule has 0 saturated heterocycles. The molecule has 0 aliphatic rings. The normalized spacial score (nSPS) is 10.4. The average Bonchev–Trinajstić information content (AvgIpc) is 2.21. The molecule has 0 fully saturated rings. The van der Waals surface area contributed by atoms with E-state index in [1.165, 1.54) is 6.07 Å². The molecule has 0 aromatic carbocycles. The first-order chi connectivity index (χ1) is 7.89. The standard InChI is InChI=1S/C9H5F3N4O/c10-9(11,12)17-8-6(3-14)7(15)5(1-2-13)4-16-8/h4H,1H2,(H2,15,16). The fraction of sp³-hybridized carbons (Fsp3) is 0.222. The lowest BCUT2D eigenvalue weighted by Crippen LogP contribution is -2.19. The number of anilines is 1. The molecule has 17 heavy (non-hydrogen) atoms. The van der Waals surface area contributed by atoms with Crippen LogP contribution < -0.4 is 10.5 Å². The fourth-order valence-corrected chi connectivity index (χ4v) is 1.07.